The highest BCUT2D eigenvalue weighted by molar-refractivity contribution is 6.30. The van der Waals surface area contributed by atoms with Gasteiger partial charge in [-0.05, 0) is 35.9 Å². The van der Waals surface area contributed by atoms with Crippen molar-refractivity contribution in [3.63, 3.8) is 0 Å². The second kappa shape index (κ2) is 5.18. The third kappa shape index (κ3) is 2.48. The van der Waals surface area contributed by atoms with Gasteiger partial charge in [-0.2, -0.15) is 0 Å². The molecule has 0 unspecified atom stereocenters. The van der Waals surface area contributed by atoms with Crippen LogP contribution in [0.3, 0.4) is 0 Å². The predicted molar refractivity (Wildman–Crippen MR) is 76.7 cm³/mol. The fraction of sp³-hybridized carbons (Fsp3) is 0. The summed E-state index contributed by atoms with van der Waals surface area (Å²) in [7, 11) is 0. The number of nitrogen functional groups attached to an aromatic ring is 1. The first-order valence-corrected chi connectivity index (χ1v) is 6.40. The van der Waals surface area contributed by atoms with Gasteiger partial charge in [-0.15, -0.1) is 0 Å². The van der Waals surface area contributed by atoms with E-state index in [1.807, 2.05) is 0 Å². The summed E-state index contributed by atoms with van der Waals surface area (Å²) < 4.78 is 32.3. The summed E-state index contributed by atoms with van der Waals surface area (Å²) in [5.41, 5.74) is 6.84. The molecule has 0 fully saturated rings. The van der Waals surface area contributed by atoms with Crippen molar-refractivity contribution in [2.24, 2.45) is 0 Å². The van der Waals surface area contributed by atoms with Gasteiger partial charge in [0.05, 0.1) is 5.56 Å². The highest BCUT2D eigenvalue weighted by Gasteiger charge is 2.20. The minimum absolute atomic E-state index is 0.0185. The molecule has 1 heterocycles. The molecule has 3 nitrogen and oxygen atoms in total. The summed E-state index contributed by atoms with van der Waals surface area (Å²) in [4.78, 5) is 0. The third-order valence-corrected chi connectivity index (χ3v) is 3.25. The molecule has 0 aliphatic carbocycles. The van der Waals surface area contributed by atoms with E-state index >= 15 is 0 Å². The second-order valence-electron chi connectivity index (χ2n) is 4.40. The van der Waals surface area contributed by atoms with Crippen molar-refractivity contribution < 1.29 is 13.3 Å². The minimum atomic E-state index is -0.523. The lowest BCUT2D eigenvalue weighted by molar-refractivity contribution is 0.439. The van der Waals surface area contributed by atoms with E-state index in [0.29, 0.717) is 16.1 Å². The van der Waals surface area contributed by atoms with Crippen LogP contribution in [0.2, 0.25) is 5.02 Å². The van der Waals surface area contributed by atoms with Crippen LogP contribution < -0.4 is 5.73 Å². The maximum Gasteiger partial charge on any atom is 0.230 e. The molecule has 0 aliphatic rings. The molecule has 0 saturated heterocycles. The summed E-state index contributed by atoms with van der Waals surface area (Å²) >= 11 is 5.88. The van der Waals surface area contributed by atoms with Crippen LogP contribution in [0.5, 0.6) is 0 Å². The number of hydrogen-bond acceptors (Lipinski definition) is 3. The Morgan fingerprint density at radius 1 is 1.10 bits per heavy atom. The lowest BCUT2D eigenvalue weighted by Crippen LogP contribution is -1.90. The molecule has 0 spiro atoms. The Balaban J connectivity index is 2.24. The van der Waals surface area contributed by atoms with Gasteiger partial charge in [0.2, 0.25) is 5.88 Å². The van der Waals surface area contributed by atoms with Crippen LogP contribution in [0.15, 0.2) is 47.0 Å². The Hall–Kier alpha value is -2.40. The van der Waals surface area contributed by atoms with Crippen LogP contribution in [0, 0.1) is 11.6 Å². The zero-order valence-corrected chi connectivity index (χ0v) is 11.4. The number of nitrogens with zero attached hydrogens (tertiary/aromatic N) is 1. The molecule has 0 aliphatic heterocycles. The predicted octanol–water partition coefficient (Wildman–Crippen LogP) is 4.52. The summed E-state index contributed by atoms with van der Waals surface area (Å²) in [5.74, 6) is -0.981. The largest absolute Gasteiger partial charge is 0.367 e. The van der Waals surface area contributed by atoms with Crippen LogP contribution in [0.25, 0.3) is 22.4 Å². The van der Waals surface area contributed by atoms with E-state index in [-0.39, 0.29) is 17.1 Å². The Labute approximate surface area is 123 Å². The summed E-state index contributed by atoms with van der Waals surface area (Å²) in [6.07, 6.45) is 0. The zero-order valence-electron chi connectivity index (χ0n) is 10.6. The first kappa shape index (κ1) is 13.6. The van der Waals surface area contributed by atoms with Gasteiger partial charge in [-0.1, -0.05) is 28.9 Å². The van der Waals surface area contributed by atoms with Crippen LogP contribution in [0.4, 0.5) is 14.7 Å². The van der Waals surface area contributed by atoms with Crippen molar-refractivity contribution in [3.8, 4) is 22.4 Å². The van der Waals surface area contributed by atoms with Gasteiger partial charge in [0.25, 0.3) is 0 Å². The molecule has 6 heteroatoms. The molecule has 0 bridgehead atoms. The lowest BCUT2D eigenvalue weighted by atomic mass is 10.0. The van der Waals surface area contributed by atoms with E-state index in [4.69, 9.17) is 21.9 Å². The molecule has 3 rings (SSSR count). The molecule has 3 aromatic rings. The van der Waals surface area contributed by atoms with E-state index in [0.717, 1.165) is 0 Å². The molecular formula is C15H9ClF2N2O. The molecule has 0 radical (unpaired) electrons. The number of hydrogen-bond donors (Lipinski definition) is 1. The Morgan fingerprint density at radius 3 is 2.67 bits per heavy atom. The van der Waals surface area contributed by atoms with Crippen molar-refractivity contribution >= 4 is 17.5 Å². The normalized spacial score (nSPS) is 10.8. The molecular weight excluding hydrogens is 298 g/mol. The molecule has 2 aromatic carbocycles. The smallest absolute Gasteiger partial charge is 0.230 e. The highest BCUT2D eigenvalue weighted by Crippen LogP contribution is 2.38. The molecule has 1 aromatic heterocycles. The average Bonchev–Trinajstić information content (AvgIpc) is 2.83. The van der Waals surface area contributed by atoms with Gasteiger partial charge in [0.15, 0.2) is 0 Å². The van der Waals surface area contributed by atoms with Gasteiger partial charge in [0.1, 0.15) is 17.3 Å². The number of halogens is 3. The van der Waals surface area contributed by atoms with Crippen molar-refractivity contribution in [1.29, 1.82) is 0 Å². The molecule has 0 amide bonds. The quantitative estimate of drug-likeness (QED) is 0.757. The Kier molecular flexibility index (Phi) is 3.35. The number of rotatable bonds is 2. The SMILES string of the molecule is Nc1onc(-c2cc(Cl)ccc2F)c1-c1cccc(F)c1. The number of benzene rings is 2. The minimum Gasteiger partial charge on any atom is -0.367 e. The maximum atomic E-state index is 14.0. The van der Waals surface area contributed by atoms with E-state index in [1.54, 1.807) is 6.07 Å². The lowest BCUT2D eigenvalue weighted by Gasteiger charge is -2.04. The summed E-state index contributed by atoms with van der Waals surface area (Å²) in [6, 6.07) is 9.79. The van der Waals surface area contributed by atoms with E-state index < -0.39 is 11.6 Å². The van der Waals surface area contributed by atoms with E-state index in [1.165, 1.54) is 36.4 Å². The van der Waals surface area contributed by atoms with Crippen molar-refractivity contribution in [1.82, 2.24) is 5.16 Å². The maximum absolute atomic E-state index is 14.0. The summed E-state index contributed by atoms with van der Waals surface area (Å²) in [6.45, 7) is 0. The standard InChI is InChI=1S/C15H9ClF2N2O/c16-9-4-5-12(18)11(7-9)14-13(15(19)21-20-14)8-2-1-3-10(17)6-8/h1-7H,19H2. The second-order valence-corrected chi connectivity index (χ2v) is 4.84. The average molecular weight is 307 g/mol. The van der Waals surface area contributed by atoms with Crippen LogP contribution in [-0.2, 0) is 0 Å². The molecule has 0 saturated carbocycles. The Morgan fingerprint density at radius 2 is 1.90 bits per heavy atom. The number of nitrogens with two attached hydrogens (primary N) is 1. The van der Waals surface area contributed by atoms with Gasteiger partial charge < -0.3 is 10.3 Å². The monoisotopic (exact) mass is 306 g/mol. The fourth-order valence-corrected chi connectivity index (χ4v) is 2.26. The molecule has 0 atom stereocenters. The van der Waals surface area contributed by atoms with E-state index in [9.17, 15) is 8.78 Å². The van der Waals surface area contributed by atoms with E-state index in [2.05, 4.69) is 5.16 Å². The highest BCUT2D eigenvalue weighted by atomic mass is 35.5. The molecule has 21 heavy (non-hydrogen) atoms. The van der Waals surface area contributed by atoms with Crippen molar-refractivity contribution in [2.45, 2.75) is 0 Å². The van der Waals surface area contributed by atoms with Gasteiger partial charge in [-0.25, -0.2) is 8.78 Å². The van der Waals surface area contributed by atoms with Crippen molar-refractivity contribution in [2.75, 3.05) is 5.73 Å². The van der Waals surface area contributed by atoms with Crippen LogP contribution >= 0.6 is 11.6 Å². The first-order chi connectivity index (χ1) is 10.1. The molecule has 106 valence electrons. The van der Waals surface area contributed by atoms with Gasteiger partial charge in [-0.3, -0.25) is 0 Å². The third-order valence-electron chi connectivity index (χ3n) is 3.02. The van der Waals surface area contributed by atoms with Crippen molar-refractivity contribution in [3.05, 3.63) is 59.1 Å². The zero-order chi connectivity index (χ0) is 15.0. The number of anilines is 1. The summed E-state index contributed by atoms with van der Waals surface area (Å²) in [5, 5.41) is 4.12. The van der Waals surface area contributed by atoms with Gasteiger partial charge in [0, 0.05) is 10.6 Å². The van der Waals surface area contributed by atoms with Crippen LogP contribution in [-0.4, -0.2) is 5.16 Å². The Bertz CT molecular complexity index is 817. The topological polar surface area (TPSA) is 52.0 Å². The number of aromatic nitrogens is 1. The van der Waals surface area contributed by atoms with Gasteiger partial charge >= 0.3 is 0 Å². The molecule has 2 N–H and O–H groups in total. The fourth-order valence-electron chi connectivity index (χ4n) is 2.09. The first-order valence-electron chi connectivity index (χ1n) is 6.03. The van der Waals surface area contributed by atoms with Crippen LogP contribution in [0.1, 0.15) is 0 Å².